The Morgan fingerprint density at radius 1 is 1.06 bits per heavy atom. The van der Waals surface area contributed by atoms with E-state index < -0.39 is 10.0 Å². The molecule has 7 nitrogen and oxygen atoms in total. The third kappa shape index (κ3) is 4.71. The molecule has 3 aromatic carbocycles. The maximum Gasteiger partial charge on any atom is 0.264 e. The van der Waals surface area contributed by atoms with Crippen LogP contribution in [0.1, 0.15) is 15.9 Å². The number of hydrogen-bond donors (Lipinski definition) is 0. The van der Waals surface area contributed by atoms with Gasteiger partial charge in [0, 0.05) is 30.2 Å². The lowest BCUT2D eigenvalue weighted by molar-refractivity contribution is 0.0985. The van der Waals surface area contributed by atoms with E-state index in [0.717, 1.165) is 15.8 Å². The largest absolute Gasteiger partial charge is 0.308 e. The number of fused-ring (bicyclic) bond motifs is 2. The predicted molar refractivity (Wildman–Crippen MR) is 146 cm³/mol. The molecule has 1 aromatic heterocycles. The van der Waals surface area contributed by atoms with E-state index in [0.29, 0.717) is 47.5 Å². The van der Waals surface area contributed by atoms with Gasteiger partial charge in [0.2, 0.25) is 0 Å². The lowest BCUT2D eigenvalue weighted by atomic mass is 10.2. The first-order valence-electron chi connectivity index (χ1n) is 11.5. The molecule has 1 aliphatic rings. The lowest BCUT2D eigenvalue weighted by Crippen LogP contribution is -2.36. The highest BCUT2D eigenvalue weighted by molar-refractivity contribution is 7.92. The number of hydrogen-bond acceptors (Lipinski definition) is 6. The summed E-state index contributed by atoms with van der Waals surface area (Å²) in [4.78, 5) is 22.0. The molecule has 4 aromatic rings. The number of thiazole rings is 1. The van der Waals surface area contributed by atoms with Gasteiger partial charge >= 0.3 is 0 Å². The van der Waals surface area contributed by atoms with Crippen molar-refractivity contribution in [1.82, 2.24) is 9.88 Å². The third-order valence-corrected chi connectivity index (χ3v) is 9.22. The molecule has 0 bridgehead atoms. The van der Waals surface area contributed by atoms with E-state index in [1.54, 1.807) is 23.1 Å². The van der Waals surface area contributed by atoms with Crippen molar-refractivity contribution >= 4 is 59.9 Å². The molecule has 0 saturated carbocycles. The summed E-state index contributed by atoms with van der Waals surface area (Å²) in [6.45, 7) is 1.48. The van der Waals surface area contributed by atoms with Crippen LogP contribution in [-0.2, 0) is 16.4 Å². The topological polar surface area (TPSA) is 73.8 Å². The van der Waals surface area contributed by atoms with Gasteiger partial charge in [-0.05, 0) is 74.6 Å². The Morgan fingerprint density at radius 3 is 2.56 bits per heavy atom. The van der Waals surface area contributed by atoms with Crippen LogP contribution >= 0.6 is 22.9 Å². The molecule has 0 N–H and O–H groups in total. The summed E-state index contributed by atoms with van der Waals surface area (Å²) in [6.07, 6.45) is 0.681. The van der Waals surface area contributed by atoms with Crippen LogP contribution < -0.4 is 9.21 Å². The standard InChI is InChI=1S/C26H25ClN4O3S2/c1-29(2)15-16-30(26-28-22-12-9-20(27)17-24(22)35-26)25(32)19-7-10-21(11-8-19)36(33,34)31-14-13-18-5-3-4-6-23(18)31/h3-12,17H,13-16H2,1-2H3. The minimum absolute atomic E-state index is 0.158. The van der Waals surface area contributed by atoms with Crippen molar-refractivity contribution in [3.8, 4) is 0 Å². The molecule has 1 amide bonds. The van der Waals surface area contributed by atoms with Crippen molar-refractivity contribution in [1.29, 1.82) is 0 Å². The van der Waals surface area contributed by atoms with Crippen LogP contribution in [0.2, 0.25) is 5.02 Å². The predicted octanol–water partition coefficient (Wildman–Crippen LogP) is 4.91. The van der Waals surface area contributed by atoms with Crippen molar-refractivity contribution in [2.24, 2.45) is 0 Å². The highest BCUT2D eigenvalue weighted by atomic mass is 35.5. The van der Waals surface area contributed by atoms with Gasteiger partial charge in [-0.3, -0.25) is 14.0 Å². The maximum atomic E-state index is 13.6. The molecule has 1 aliphatic heterocycles. The second-order valence-electron chi connectivity index (χ2n) is 8.85. The molecule has 186 valence electrons. The summed E-state index contributed by atoms with van der Waals surface area (Å²) in [5.41, 5.74) is 2.89. The Kier molecular flexibility index (Phi) is 6.74. The molecule has 10 heteroatoms. The van der Waals surface area contributed by atoms with E-state index in [9.17, 15) is 13.2 Å². The fraction of sp³-hybridized carbons (Fsp3) is 0.231. The maximum absolute atomic E-state index is 13.6. The zero-order chi connectivity index (χ0) is 25.4. The van der Waals surface area contributed by atoms with E-state index >= 15 is 0 Å². The Balaban J connectivity index is 1.43. The number of sulfonamides is 1. The van der Waals surface area contributed by atoms with Crippen LogP contribution in [0.4, 0.5) is 10.8 Å². The number of para-hydroxylation sites is 1. The first-order chi connectivity index (χ1) is 17.2. The zero-order valence-corrected chi connectivity index (χ0v) is 22.3. The summed E-state index contributed by atoms with van der Waals surface area (Å²) in [5, 5.41) is 1.19. The average molecular weight is 541 g/mol. The second kappa shape index (κ2) is 9.82. The molecule has 0 fully saturated rings. The summed E-state index contributed by atoms with van der Waals surface area (Å²) in [6, 6.07) is 19.1. The number of benzene rings is 3. The summed E-state index contributed by atoms with van der Waals surface area (Å²) in [5.74, 6) is -0.238. The molecule has 0 atom stereocenters. The minimum Gasteiger partial charge on any atom is -0.308 e. The van der Waals surface area contributed by atoms with Gasteiger partial charge < -0.3 is 4.90 Å². The third-order valence-electron chi connectivity index (χ3n) is 6.12. The molecular weight excluding hydrogens is 516 g/mol. The van der Waals surface area contributed by atoms with Crippen molar-refractivity contribution in [2.45, 2.75) is 11.3 Å². The molecule has 36 heavy (non-hydrogen) atoms. The highest BCUT2D eigenvalue weighted by Gasteiger charge is 2.31. The van der Waals surface area contributed by atoms with E-state index in [1.165, 1.54) is 27.8 Å². The van der Waals surface area contributed by atoms with Crippen molar-refractivity contribution in [3.63, 3.8) is 0 Å². The van der Waals surface area contributed by atoms with E-state index in [1.807, 2.05) is 55.4 Å². The van der Waals surface area contributed by atoms with Gasteiger partial charge in [-0.1, -0.05) is 41.1 Å². The molecule has 0 saturated heterocycles. The van der Waals surface area contributed by atoms with Crippen LogP contribution in [-0.4, -0.2) is 57.9 Å². The van der Waals surface area contributed by atoms with E-state index in [2.05, 4.69) is 4.98 Å². The van der Waals surface area contributed by atoms with E-state index in [-0.39, 0.29) is 10.8 Å². The quantitative estimate of drug-likeness (QED) is 0.333. The van der Waals surface area contributed by atoms with Crippen LogP contribution in [0.3, 0.4) is 0 Å². The van der Waals surface area contributed by atoms with Gasteiger partial charge in [0.15, 0.2) is 5.13 Å². The molecular formula is C26H25ClN4O3S2. The van der Waals surface area contributed by atoms with Gasteiger partial charge in [0.1, 0.15) is 0 Å². The summed E-state index contributed by atoms with van der Waals surface area (Å²) < 4.78 is 29.0. The molecule has 2 heterocycles. The highest BCUT2D eigenvalue weighted by Crippen LogP contribution is 2.34. The van der Waals surface area contributed by atoms with Crippen LogP contribution in [0.15, 0.2) is 71.6 Å². The number of aromatic nitrogens is 1. The monoisotopic (exact) mass is 540 g/mol. The van der Waals surface area contributed by atoms with Gasteiger partial charge in [-0.25, -0.2) is 13.4 Å². The Morgan fingerprint density at radius 2 is 1.81 bits per heavy atom. The van der Waals surface area contributed by atoms with Gasteiger partial charge in [0.05, 0.1) is 20.8 Å². The van der Waals surface area contributed by atoms with Gasteiger partial charge in [-0.15, -0.1) is 0 Å². The minimum atomic E-state index is -3.73. The van der Waals surface area contributed by atoms with Crippen LogP contribution in [0.25, 0.3) is 10.2 Å². The molecule has 0 spiro atoms. The normalized spacial score (nSPS) is 13.4. The number of halogens is 1. The smallest absolute Gasteiger partial charge is 0.264 e. The average Bonchev–Trinajstić information content (AvgIpc) is 3.48. The number of likely N-dealkylation sites (N-methyl/N-ethyl adjacent to an activating group) is 1. The zero-order valence-electron chi connectivity index (χ0n) is 19.9. The number of amides is 1. The Hall–Kier alpha value is -2.98. The van der Waals surface area contributed by atoms with Gasteiger partial charge in [0.25, 0.3) is 15.9 Å². The first-order valence-corrected chi connectivity index (χ1v) is 14.1. The van der Waals surface area contributed by atoms with E-state index in [4.69, 9.17) is 11.6 Å². The first kappa shape index (κ1) is 24.7. The van der Waals surface area contributed by atoms with Crippen molar-refractivity contribution < 1.29 is 13.2 Å². The lowest BCUT2D eigenvalue weighted by Gasteiger charge is -2.22. The second-order valence-corrected chi connectivity index (χ2v) is 12.2. The fourth-order valence-electron chi connectivity index (χ4n) is 4.20. The molecule has 0 unspecified atom stereocenters. The molecule has 5 rings (SSSR count). The van der Waals surface area contributed by atoms with Crippen molar-refractivity contribution in [3.05, 3.63) is 82.9 Å². The summed E-state index contributed by atoms with van der Waals surface area (Å²) >= 11 is 7.53. The number of anilines is 2. The Bertz CT molecular complexity index is 1530. The Labute approximate surface area is 219 Å². The van der Waals surface area contributed by atoms with Gasteiger partial charge in [-0.2, -0.15) is 0 Å². The van der Waals surface area contributed by atoms with Crippen molar-refractivity contribution in [2.75, 3.05) is 42.9 Å². The van der Waals surface area contributed by atoms with Crippen LogP contribution in [0.5, 0.6) is 0 Å². The SMILES string of the molecule is CN(C)CCN(C(=O)c1ccc(S(=O)(=O)N2CCc3ccccc32)cc1)c1nc2ccc(Cl)cc2s1. The number of nitrogens with zero attached hydrogens (tertiary/aromatic N) is 4. The number of rotatable bonds is 7. The van der Waals surface area contributed by atoms with Crippen LogP contribution in [0, 0.1) is 0 Å². The number of carbonyl (C=O) groups is 1. The number of carbonyl (C=O) groups excluding carboxylic acids is 1. The fourth-order valence-corrected chi connectivity index (χ4v) is 6.97. The molecule has 0 radical (unpaired) electrons. The summed E-state index contributed by atoms with van der Waals surface area (Å²) in [7, 11) is 0.152. The molecule has 0 aliphatic carbocycles.